The van der Waals surface area contributed by atoms with Crippen LogP contribution in [0.3, 0.4) is 0 Å². The Bertz CT molecular complexity index is 704. The lowest BCUT2D eigenvalue weighted by atomic mass is 10.1. The van der Waals surface area contributed by atoms with Crippen molar-refractivity contribution in [2.45, 2.75) is 38.1 Å². The number of hydrogen-bond donors (Lipinski definition) is 3. The summed E-state index contributed by atoms with van der Waals surface area (Å²) in [5.74, 6) is 0. The number of rotatable bonds is 4. The zero-order chi connectivity index (χ0) is 15.8. The Morgan fingerprint density at radius 1 is 1.10 bits per heavy atom. The molecule has 0 spiro atoms. The smallest absolute Gasteiger partial charge is 0.271 e. The highest BCUT2D eigenvalue weighted by atomic mass is 32.2. The van der Waals surface area contributed by atoms with Crippen molar-refractivity contribution >= 4 is 25.9 Å². The molecule has 9 heteroatoms. The van der Waals surface area contributed by atoms with Crippen LogP contribution in [0.15, 0.2) is 23.1 Å². The van der Waals surface area contributed by atoms with Crippen LogP contribution >= 0.6 is 0 Å². The Morgan fingerprint density at radius 3 is 2.10 bits per heavy atom. The number of nitrogens with one attached hydrogen (secondary N) is 2. The van der Waals surface area contributed by atoms with Gasteiger partial charge in [-0.25, -0.2) is 13.6 Å². The van der Waals surface area contributed by atoms with Gasteiger partial charge in [0.2, 0.25) is 10.0 Å². The van der Waals surface area contributed by atoms with Crippen molar-refractivity contribution in [2.24, 2.45) is 5.14 Å². The maximum absolute atomic E-state index is 11.9. The first-order valence-corrected chi connectivity index (χ1v) is 8.79. The van der Waals surface area contributed by atoms with Gasteiger partial charge in [-0.05, 0) is 45.4 Å². The number of anilines is 1. The first-order valence-electron chi connectivity index (χ1n) is 5.76. The summed E-state index contributed by atoms with van der Waals surface area (Å²) >= 11 is 0. The zero-order valence-electron chi connectivity index (χ0n) is 11.8. The minimum Gasteiger partial charge on any atom is -0.271 e. The lowest BCUT2D eigenvalue weighted by Crippen LogP contribution is -2.43. The fraction of sp³-hybridized carbons (Fsp3) is 0.455. The predicted molar refractivity (Wildman–Crippen MR) is 78.0 cm³/mol. The van der Waals surface area contributed by atoms with Crippen LogP contribution < -0.4 is 14.6 Å². The molecule has 0 aromatic heterocycles. The highest BCUT2D eigenvalue weighted by Crippen LogP contribution is 2.22. The minimum absolute atomic E-state index is 0.117. The van der Waals surface area contributed by atoms with E-state index in [2.05, 4.69) is 9.44 Å². The van der Waals surface area contributed by atoms with E-state index in [1.165, 1.54) is 25.1 Å². The quantitative estimate of drug-likeness (QED) is 0.756. The van der Waals surface area contributed by atoms with Crippen LogP contribution in [0.5, 0.6) is 0 Å². The molecule has 20 heavy (non-hydrogen) atoms. The van der Waals surface area contributed by atoms with Gasteiger partial charge >= 0.3 is 0 Å². The van der Waals surface area contributed by atoms with E-state index in [1.807, 2.05) is 0 Å². The second-order valence-electron chi connectivity index (χ2n) is 5.43. The summed E-state index contributed by atoms with van der Waals surface area (Å²) in [4.78, 5) is -0.117. The van der Waals surface area contributed by atoms with E-state index < -0.39 is 25.8 Å². The summed E-state index contributed by atoms with van der Waals surface area (Å²) in [6.45, 7) is 6.56. The van der Waals surface area contributed by atoms with Gasteiger partial charge in [-0.1, -0.05) is 6.07 Å². The Labute approximate surface area is 119 Å². The van der Waals surface area contributed by atoms with Gasteiger partial charge in [0.15, 0.2) is 0 Å². The van der Waals surface area contributed by atoms with Crippen LogP contribution in [-0.2, 0) is 20.2 Å². The van der Waals surface area contributed by atoms with Crippen LogP contribution in [0.4, 0.5) is 5.69 Å². The highest BCUT2D eigenvalue weighted by molar-refractivity contribution is 7.91. The largest absolute Gasteiger partial charge is 0.299 e. The van der Waals surface area contributed by atoms with Gasteiger partial charge in [-0.2, -0.15) is 13.1 Å². The molecule has 0 saturated heterocycles. The Hall–Kier alpha value is -1.16. The maximum Gasteiger partial charge on any atom is 0.299 e. The lowest BCUT2D eigenvalue weighted by Gasteiger charge is -2.21. The molecule has 0 saturated carbocycles. The fourth-order valence-electron chi connectivity index (χ4n) is 1.61. The first kappa shape index (κ1) is 16.9. The summed E-state index contributed by atoms with van der Waals surface area (Å²) in [6.07, 6.45) is 0. The van der Waals surface area contributed by atoms with E-state index in [0.717, 1.165) is 0 Å². The Balaban J connectivity index is 3.19. The van der Waals surface area contributed by atoms with E-state index >= 15 is 0 Å². The molecule has 114 valence electrons. The normalized spacial score (nSPS) is 13.2. The Kier molecular flexibility index (Phi) is 4.49. The average Bonchev–Trinajstić information content (AvgIpc) is 2.15. The third-order valence-corrected chi connectivity index (χ3v) is 4.70. The molecule has 0 fully saturated rings. The standard InChI is InChI=1S/C11H19N3O4S2/c1-8-9(6-5-7-10(8)19(12,15)16)13-20(17,18)14-11(2,3)4/h5-7,13-14H,1-4H3,(H2,12,15,16). The minimum atomic E-state index is -3.90. The number of hydrogen-bond acceptors (Lipinski definition) is 4. The van der Waals surface area contributed by atoms with Gasteiger partial charge in [0.1, 0.15) is 0 Å². The topological polar surface area (TPSA) is 118 Å². The molecular weight excluding hydrogens is 302 g/mol. The summed E-state index contributed by atoms with van der Waals surface area (Å²) < 4.78 is 51.3. The van der Waals surface area contributed by atoms with Crippen LogP contribution in [0.1, 0.15) is 26.3 Å². The van der Waals surface area contributed by atoms with Crippen molar-refractivity contribution in [1.29, 1.82) is 0 Å². The van der Waals surface area contributed by atoms with Gasteiger partial charge in [0.25, 0.3) is 10.2 Å². The number of primary sulfonamides is 1. The van der Waals surface area contributed by atoms with Crippen molar-refractivity contribution < 1.29 is 16.8 Å². The molecule has 0 heterocycles. The third kappa shape index (κ3) is 4.75. The van der Waals surface area contributed by atoms with E-state index in [4.69, 9.17) is 5.14 Å². The molecule has 0 amide bonds. The van der Waals surface area contributed by atoms with Gasteiger partial charge in [-0.15, -0.1) is 0 Å². The molecule has 0 radical (unpaired) electrons. The van der Waals surface area contributed by atoms with Crippen molar-refractivity contribution in [2.75, 3.05) is 4.72 Å². The fourth-order valence-corrected chi connectivity index (χ4v) is 3.78. The van der Waals surface area contributed by atoms with Crippen LogP contribution in [-0.4, -0.2) is 22.4 Å². The molecule has 0 bridgehead atoms. The average molecular weight is 321 g/mol. The van der Waals surface area contributed by atoms with Gasteiger partial charge < -0.3 is 0 Å². The predicted octanol–water partition coefficient (Wildman–Crippen LogP) is 0.687. The van der Waals surface area contributed by atoms with Gasteiger partial charge in [0.05, 0.1) is 10.6 Å². The molecule has 4 N–H and O–H groups in total. The van der Waals surface area contributed by atoms with Gasteiger partial charge in [0, 0.05) is 5.54 Å². The van der Waals surface area contributed by atoms with Crippen molar-refractivity contribution in [3.05, 3.63) is 23.8 Å². The number of nitrogens with two attached hydrogens (primary N) is 1. The van der Waals surface area contributed by atoms with E-state index in [-0.39, 0.29) is 16.1 Å². The number of sulfonamides is 1. The lowest BCUT2D eigenvalue weighted by molar-refractivity contribution is 0.494. The first-order chi connectivity index (χ1) is 8.82. The van der Waals surface area contributed by atoms with Crippen LogP contribution in [0, 0.1) is 6.92 Å². The monoisotopic (exact) mass is 321 g/mol. The second kappa shape index (κ2) is 5.32. The van der Waals surface area contributed by atoms with Crippen molar-refractivity contribution in [3.63, 3.8) is 0 Å². The molecule has 7 nitrogen and oxygen atoms in total. The molecule has 1 aromatic rings. The van der Waals surface area contributed by atoms with Crippen LogP contribution in [0.2, 0.25) is 0 Å². The zero-order valence-corrected chi connectivity index (χ0v) is 13.4. The molecule has 0 unspecified atom stereocenters. The van der Waals surface area contributed by atoms with Gasteiger partial charge in [-0.3, -0.25) is 4.72 Å². The summed E-state index contributed by atoms with van der Waals surface area (Å²) in [6, 6.07) is 4.20. The molecule has 0 aliphatic carbocycles. The second-order valence-corrected chi connectivity index (χ2v) is 8.38. The third-order valence-electron chi connectivity index (χ3n) is 2.28. The molecule has 1 aromatic carbocycles. The SMILES string of the molecule is Cc1c(NS(=O)(=O)NC(C)(C)C)cccc1S(N)(=O)=O. The molecular formula is C11H19N3O4S2. The van der Waals surface area contributed by atoms with Crippen molar-refractivity contribution in [3.8, 4) is 0 Å². The van der Waals surface area contributed by atoms with E-state index in [0.29, 0.717) is 0 Å². The highest BCUT2D eigenvalue weighted by Gasteiger charge is 2.21. The van der Waals surface area contributed by atoms with Crippen LogP contribution in [0.25, 0.3) is 0 Å². The van der Waals surface area contributed by atoms with Crippen molar-refractivity contribution in [1.82, 2.24) is 4.72 Å². The summed E-state index contributed by atoms with van der Waals surface area (Å²) in [5.41, 5.74) is -0.250. The summed E-state index contributed by atoms with van der Waals surface area (Å²) in [7, 11) is -7.71. The molecule has 0 aliphatic rings. The molecule has 0 aliphatic heterocycles. The molecule has 1 rings (SSSR count). The molecule has 0 atom stereocenters. The van der Waals surface area contributed by atoms with E-state index in [9.17, 15) is 16.8 Å². The summed E-state index contributed by atoms with van der Waals surface area (Å²) in [5, 5.41) is 5.07. The van der Waals surface area contributed by atoms with E-state index in [1.54, 1.807) is 20.8 Å². The number of benzene rings is 1. The maximum atomic E-state index is 11.9. The Morgan fingerprint density at radius 2 is 1.65 bits per heavy atom.